The predicted octanol–water partition coefficient (Wildman–Crippen LogP) is 2.33. The van der Waals surface area contributed by atoms with Crippen LogP contribution in [0, 0.1) is 18.3 Å². The number of fused-ring (bicyclic) bond motifs is 2. The van der Waals surface area contributed by atoms with Crippen LogP contribution in [0.25, 0.3) is 0 Å². The molecule has 2 bridgehead atoms. The fraction of sp³-hybridized carbons (Fsp3) is 0.533. The summed E-state index contributed by atoms with van der Waals surface area (Å²) in [7, 11) is 0. The summed E-state index contributed by atoms with van der Waals surface area (Å²) in [6.45, 7) is 2.10. The van der Waals surface area contributed by atoms with E-state index in [1.165, 1.54) is 18.4 Å². The molecule has 0 amide bonds. The lowest BCUT2D eigenvalue weighted by atomic mass is 9.95. The highest BCUT2D eigenvalue weighted by atomic mass is 15.2. The minimum Gasteiger partial charge on any atom is -0.364 e. The van der Waals surface area contributed by atoms with Gasteiger partial charge >= 0.3 is 0 Å². The standard InChI is InChI=1S/C15H19N3/c1-10-3-2-4-11(9-16)15(10)18-13-5-6-14(18)8-12(17)7-13/h2-4,12-14H,5-8,17H2,1H3. The molecule has 1 aromatic rings. The molecule has 94 valence electrons. The Labute approximate surface area is 108 Å². The van der Waals surface area contributed by atoms with Crippen molar-refractivity contribution in [2.45, 2.75) is 50.7 Å². The largest absolute Gasteiger partial charge is 0.364 e. The number of benzene rings is 1. The zero-order chi connectivity index (χ0) is 12.7. The number of piperidine rings is 1. The molecule has 3 nitrogen and oxygen atoms in total. The average molecular weight is 241 g/mol. The summed E-state index contributed by atoms with van der Waals surface area (Å²) in [5.41, 5.74) is 9.28. The van der Waals surface area contributed by atoms with Gasteiger partial charge in [0.05, 0.1) is 11.3 Å². The number of nitrogens with zero attached hydrogens (tertiary/aromatic N) is 2. The van der Waals surface area contributed by atoms with Gasteiger partial charge in [-0.1, -0.05) is 12.1 Å². The number of hydrogen-bond donors (Lipinski definition) is 1. The van der Waals surface area contributed by atoms with Crippen molar-refractivity contribution in [1.29, 1.82) is 5.26 Å². The van der Waals surface area contributed by atoms with Crippen molar-refractivity contribution in [2.75, 3.05) is 4.90 Å². The summed E-state index contributed by atoms with van der Waals surface area (Å²) in [6.07, 6.45) is 4.57. The molecule has 0 radical (unpaired) electrons. The van der Waals surface area contributed by atoms with Crippen LogP contribution in [0.3, 0.4) is 0 Å². The van der Waals surface area contributed by atoms with E-state index in [1.54, 1.807) is 0 Å². The number of hydrogen-bond acceptors (Lipinski definition) is 3. The smallest absolute Gasteiger partial charge is 0.101 e. The van der Waals surface area contributed by atoms with Crippen molar-refractivity contribution in [2.24, 2.45) is 5.73 Å². The van der Waals surface area contributed by atoms with Gasteiger partial charge in [-0.05, 0) is 44.2 Å². The monoisotopic (exact) mass is 241 g/mol. The van der Waals surface area contributed by atoms with Gasteiger partial charge in [0.25, 0.3) is 0 Å². The van der Waals surface area contributed by atoms with E-state index in [-0.39, 0.29) is 0 Å². The van der Waals surface area contributed by atoms with E-state index >= 15 is 0 Å². The lowest BCUT2D eigenvalue weighted by Crippen LogP contribution is -2.48. The number of nitrogens with two attached hydrogens (primary N) is 1. The Kier molecular flexibility index (Phi) is 2.76. The highest BCUT2D eigenvalue weighted by Gasteiger charge is 2.40. The topological polar surface area (TPSA) is 53.0 Å². The van der Waals surface area contributed by atoms with Gasteiger partial charge in [0, 0.05) is 18.1 Å². The van der Waals surface area contributed by atoms with Crippen LogP contribution in [0.2, 0.25) is 0 Å². The quantitative estimate of drug-likeness (QED) is 0.821. The highest BCUT2D eigenvalue weighted by molar-refractivity contribution is 5.66. The molecule has 2 N–H and O–H groups in total. The van der Waals surface area contributed by atoms with E-state index in [2.05, 4.69) is 24.0 Å². The van der Waals surface area contributed by atoms with Crippen LogP contribution >= 0.6 is 0 Å². The molecule has 2 fully saturated rings. The molecular weight excluding hydrogens is 222 g/mol. The Morgan fingerprint density at radius 3 is 2.56 bits per heavy atom. The molecule has 2 heterocycles. The molecule has 2 aliphatic rings. The molecule has 0 spiro atoms. The molecule has 2 aliphatic heterocycles. The van der Waals surface area contributed by atoms with Crippen LogP contribution in [-0.2, 0) is 0 Å². The second kappa shape index (κ2) is 4.29. The zero-order valence-electron chi connectivity index (χ0n) is 10.8. The lowest BCUT2D eigenvalue weighted by Gasteiger charge is -2.40. The number of nitriles is 1. The summed E-state index contributed by atoms with van der Waals surface area (Å²) in [4.78, 5) is 2.48. The number of rotatable bonds is 1. The van der Waals surface area contributed by atoms with Crippen LogP contribution in [0.15, 0.2) is 18.2 Å². The molecule has 2 atom stereocenters. The molecule has 0 saturated carbocycles. The van der Waals surface area contributed by atoms with Crippen molar-refractivity contribution >= 4 is 5.69 Å². The minimum absolute atomic E-state index is 0.341. The zero-order valence-corrected chi connectivity index (χ0v) is 10.8. The third-order valence-electron chi connectivity index (χ3n) is 4.39. The average Bonchev–Trinajstić information content (AvgIpc) is 2.61. The minimum atomic E-state index is 0.341. The van der Waals surface area contributed by atoms with Crippen LogP contribution in [0.1, 0.15) is 36.8 Å². The van der Waals surface area contributed by atoms with Crippen molar-refractivity contribution < 1.29 is 0 Å². The summed E-state index contributed by atoms with van der Waals surface area (Å²) < 4.78 is 0. The fourth-order valence-corrected chi connectivity index (χ4v) is 3.68. The fourth-order valence-electron chi connectivity index (χ4n) is 3.68. The van der Waals surface area contributed by atoms with Crippen LogP contribution < -0.4 is 10.6 Å². The Bertz CT molecular complexity index is 489. The van der Waals surface area contributed by atoms with Gasteiger partial charge in [-0.15, -0.1) is 0 Å². The van der Waals surface area contributed by atoms with Crippen molar-refractivity contribution in [3.05, 3.63) is 29.3 Å². The number of para-hydroxylation sites is 1. The first-order valence-electron chi connectivity index (χ1n) is 6.74. The normalized spacial score (nSPS) is 30.3. The Hall–Kier alpha value is -1.53. The van der Waals surface area contributed by atoms with Crippen molar-refractivity contribution in [3.63, 3.8) is 0 Å². The lowest BCUT2D eigenvalue weighted by molar-refractivity contribution is 0.414. The summed E-state index contributed by atoms with van der Waals surface area (Å²) in [5, 5.41) is 9.32. The number of aryl methyl sites for hydroxylation is 1. The van der Waals surface area contributed by atoms with E-state index in [0.717, 1.165) is 24.1 Å². The molecule has 3 rings (SSSR count). The maximum absolute atomic E-state index is 9.32. The van der Waals surface area contributed by atoms with Gasteiger partial charge in [0.15, 0.2) is 0 Å². The summed E-state index contributed by atoms with van der Waals surface area (Å²) >= 11 is 0. The van der Waals surface area contributed by atoms with Gasteiger partial charge < -0.3 is 10.6 Å². The van der Waals surface area contributed by atoms with Gasteiger partial charge in [0.2, 0.25) is 0 Å². The van der Waals surface area contributed by atoms with E-state index in [4.69, 9.17) is 5.73 Å². The van der Waals surface area contributed by atoms with E-state index in [9.17, 15) is 5.26 Å². The SMILES string of the molecule is Cc1cccc(C#N)c1N1C2CCC1CC(N)C2. The van der Waals surface area contributed by atoms with Gasteiger partial charge in [-0.2, -0.15) is 5.26 Å². The first-order valence-corrected chi connectivity index (χ1v) is 6.74. The number of anilines is 1. The predicted molar refractivity (Wildman–Crippen MR) is 72.4 cm³/mol. The second-order valence-electron chi connectivity index (χ2n) is 5.61. The molecule has 0 aliphatic carbocycles. The van der Waals surface area contributed by atoms with E-state index < -0.39 is 0 Å². The summed E-state index contributed by atoms with van der Waals surface area (Å²) in [5.74, 6) is 0. The molecule has 2 saturated heterocycles. The molecule has 18 heavy (non-hydrogen) atoms. The molecular formula is C15H19N3. The van der Waals surface area contributed by atoms with Crippen LogP contribution in [0.5, 0.6) is 0 Å². The first-order chi connectivity index (χ1) is 8.70. The van der Waals surface area contributed by atoms with E-state index in [0.29, 0.717) is 18.1 Å². The van der Waals surface area contributed by atoms with Crippen molar-refractivity contribution in [1.82, 2.24) is 0 Å². The van der Waals surface area contributed by atoms with E-state index in [1.807, 2.05) is 12.1 Å². The maximum atomic E-state index is 9.32. The molecule has 0 aromatic heterocycles. The van der Waals surface area contributed by atoms with Gasteiger partial charge in [-0.3, -0.25) is 0 Å². The Balaban J connectivity index is 2.04. The summed E-state index contributed by atoms with van der Waals surface area (Å²) in [6, 6.07) is 9.75. The molecule has 3 heteroatoms. The van der Waals surface area contributed by atoms with Crippen LogP contribution in [0.4, 0.5) is 5.69 Å². The Morgan fingerprint density at radius 1 is 1.28 bits per heavy atom. The Morgan fingerprint density at radius 2 is 1.94 bits per heavy atom. The van der Waals surface area contributed by atoms with Gasteiger partial charge in [-0.25, -0.2) is 0 Å². The van der Waals surface area contributed by atoms with Gasteiger partial charge in [0.1, 0.15) is 6.07 Å². The molecule has 1 aromatic carbocycles. The molecule has 2 unspecified atom stereocenters. The van der Waals surface area contributed by atoms with Crippen molar-refractivity contribution in [3.8, 4) is 6.07 Å². The third-order valence-corrected chi connectivity index (χ3v) is 4.39. The second-order valence-corrected chi connectivity index (χ2v) is 5.61. The highest BCUT2D eigenvalue weighted by Crippen LogP contribution is 2.41. The first kappa shape index (κ1) is 11.6. The maximum Gasteiger partial charge on any atom is 0.101 e. The van der Waals surface area contributed by atoms with Crippen LogP contribution in [-0.4, -0.2) is 18.1 Å². The third kappa shape index (κ3) is 1.69.